The average molecular weight is 281 g/mol. The Morgan fingerprint density at radius 1 is 1.25 bits per heavy atom. The second kappa shape index (κ2) is 7.47. The lowest BCUT2D eigenvalue weighted by molar-refractivity contribution is 0.0781. The van der Waals surface area contributed by atoms with Crippen molar-refractivity contribution in [3.63, 3.8) is 0 Å². The molecule has 1 aliphatic heterocycles. The first kappa shape index (κ1) is 15.1. The van der Waals surface area contributed by atoms with E-state index in [0.717, 1.165) is 17.9 Å². The van der Waals surface area contributed by atoms with Crippen molar-refractivity contribution in [3.8, 4) is 11.5 Å². The molecular formula is C15H23NO4. The van der Waals surface area contributed by atoms with Gasteiger partial charge in [0.05, 0.1) is 18.8 Å². The number of hydrogen-bond donors (Lipinski definition) is 2. The maximum absolute atomic E-state index is 10.1. The van der Waals surface area contributed by atoms with Gasteiger partial charge < -0.3 is 24.6 Å². The van der Waals surface area contributed by atoms with Gasteiger partial charge in [0.25, 0.3) is 0 Å². The second-order valence-electron chi connectivity index (χ2n) is 5.04. The van der Waals surface area contributed by atoms with E-state index in [-0.39, 0.29) is 6.10 Å². The minimum absolute atomic E-state index is 0.236. The number of hydrogen-bond acceptors (Lipinski definition) is 5. The van der Waals surface area contributed by atoms with Gasteiger partial charge in [-0.1, -0.05) is 6.07 Å². The maximum atomic E-state index is 10.1. The van der Waals surface area contributed by atoms with Crippen LogP contribution in [-0.2, 0) is 4.74 Å². The monoisotopic (exact) mass is 281 g/mol. The normalized spacial score (nSPS) is 15.4. The fraction of sp³-hybridized carbons (Fsp3) is 0.600. The molecule has 1 heterocycles. The quantitative estimate of drug-likeness (QED) is 0.742. The lowest BCUT2D eigenvalue weighted by atomic mass is 10.1. The van der Waals surface area contributed by atoms with E-state index in [1.807, 2.05) is 32.0 Å². The molecule has 2 rings (SSSR count). The first-order chi connectivity index (χ1) is 9.66. The van der Waals surface area contributed by atoms with E-state index < -0.39 is 6.10 Å². The standard InChI is InChI=1S/C15H23NO4/c1-11(2)18-6-5-16-10-13(17)12-3-4-14-15(9-12)20-8-7-19-14/h3-4,9,11,13,16-17H,5-8,10H2,1-2H3. The molecule has 0 radical (unpaired) electrons. The maximum Gasteiger partial charge on any atom is 0.161 e. The Balaban J connectivity index is 1.79. The molecule has 1 aromatic carbocycles. The van der Waals surface area contributed by atoms with Crippen LogP contribution >= 0.6 is 0 Å². The van der Waals surface area contributed by atoms with Crippen LogP contribution in [0, 0.1) is 0 Å². The molecule has 112 valence electrons. The largest absolute Gasteiger partial charge is 0.486 e. The Labute approximate surface area is 119 Å². The van der Waals surface area contributed by atoms with Crippen molar-refractivity contribution < 1.29 is 19.3 Å². The summed E-state index contributed by atoms with van der Waals surface area (Å²) >= 11 is 0. The minimum Gasteiger partial charge on any atom is -0.486 e. The van der Waals surface area contributed by atoms with E-state index in [9.17, 15) is 5.11 Å². The minimum atomic E-state index is -0.565. The molecule has 2 N–H and O–H groups in total. The van der Waals surface area contributed by atoms with Crippen molar-refractivity contribution in [2.24, 2.45) is 0 Å². The number of ether oxygens (including phenoxy) is 3. The van der Waals surface area contributed by atoms with Gasteiger partial charge in [-0.15, -0.1) is 0 Å². The molecule has 20 heavy (non-hydrogen) atoms. The Kier molecular flexibility index (Phi) is 5.64. The highest BCUT2D eigenvalue weighted by Gasteiger charge is 2.15. The van der Waals surface area contributed by atoms with E-state index in [4.69, 9.17) is 14.2 Å². The van der Waals surface area contributed by atoms with Gasteiger partial charge in [-0.25, -0.2) is 0 Å². The van der Waals surface area contributed by atoms with Crippen molar-refractivity contribution in [2.45, 2.75) is 26.1 Å². The zero-order valence-corrected chi connectivity index (χ0v) is 12.1. The topological polar surface area (TPSA) is 60.0 Å². The third kappa shape index (κ3) is 4.37. The van der Waals surface area contributed by atoms with Crippen LogP contribution in [0.5, 0.6) is 11.5 Å². The van der Waals surface area contributed by atoms with Crippen LogP contribution in [0.25, 0.3) is 0 Å². The van der Waals surface area contributed by atoms with E-state index in [1.165, 1.54) is 0 Å². The molecule has 0 amide bonds. The lowest BCUT2D eigenvalue weighted by Gasteiger charge is -2.20. The summed E-state index contributed by atoms with van der Waals surface area (Å²) in [5.41, 5.74) is 0.825. The molecule has 1 atom stereocenters. The number of aliphatic hydroxyl groups is 1. The van der Waals surface area contributed by atoms with Crippen LogP contribution in [0.3, 0.4) is 0 Å². The Morgan fingerprint density at radius 2 is 2.00 bits per heavy atom. The molecule has 5 nitrogen and oxygen atoms in total. The third-order valence-electron chi connectivity index (χ3n) is 3.02. The van der Waals surface area contributed by atoms with Crippen molar-refractivity contribution in [1.82, 2.24) is 5.32 Å². The van der Waals surface area contributed by atoms with Crippen LogP contribution in [-0.4, -0.2) is 44.1 Å². The average Bonchev–Trinajstić information content (AvgIpc) is 2.46. The van der Waals surface area contributed by atoms with Gasteiger partial charge >= 0.3 is 0 Å². The third-order valence-corrected chi connectivity index (χ3v) is 3.02. The van der Waals surface area contributed by atoms with Crippen molar-refractivity contribution in [3.05, 3.63) is 23.8 Å². The molecule has 1 aliphatic rings. The smallest absolute Gasteiger partial charge is 0.161 e. The number of nitrogens with one attached hydrogen (secondary N) is 1. The Bertz CT molecular complexity index is 422. The van der Waals surface area contributed by atoms with Crippen LogP contribution in [0.1, 0.15) is 25.5 Å². The van der Waals surface area contributed by atoms with E-state index in [1.54, 1.807) is 0 Å². The van der Waals surface area contributed by atoms with Gasteiger partial charge in [-0.3, -0.25) is 0 Å². The zero-order chi connectivity index (χ0) is 14.4. The zero-order valence-electron chi connectivity index (χ0n) is 12.1. The number of benzene rings is 1. The van der Waals surface area contributed by atoms with Gasteiger partial charge in [-0.2, -0.15) is 0 Å². The molecule has 1 aromatic rings. The predicted molar refractivity (Wildman–Crippen MR) is 76.3 cm³/mol. The highest BCUT2D eigenvalue weighted by molar-refractivity contribution is 5.44. The molecule has 0 aliphatic carbocycles. The number of aliphatic hydroxyl groups excluding tert-OH is 1. The lowest BCUT2D eigenvalue weighted by Crippen LogP contribution is -2.26. The fourth-order valence-electron chi connectivity index (χ4n) is 1.99. The first-order valence-corrected chi connectivity index (χ1v) is 7.06. The van der Waals surface area contributed by atoms with Gasteiger partial charge in [0.15, 0.2) is 11.5 Å². The summed E-state index contributed by atoms with van der Waals surface area (Å²) in [6.07, 6.45) is -0.329. The van der Waals surface area contributed by atoms with Crippen LogP contribution in [0.2, 0.25) is 0 Å². The van der Waals surface area contributed by atoms with Crippen LogP contribution in [0.15, 0.2) is 18.2 Å². The predicted octanol–water partition coefficient (Wildman–Crippen LogP) is 1.51. The summed E-state index contributed by atoms with van der Waals surface area (Å²) in [6.45, 7) is 6.99. The van der Waals surface area contributed by atoms with Crippen molar-refractivity contribution in [1.29, 1.82) is 0 Å². The molecule has 1 unspecified atom stereocenters. The summed E-state index contributed by atoms with van der Waals surface area (Å²) in [7, 11) is 0. The van der Waals surface area contributed by atoms with E-state index in [0.29, 0.717) is 32.1 Å². The molecule has 0 bridgehead atoms. The SMILES string of the molecule is CC(C)OCCNCC(O)c1ccc2c(c1)OCCO2. The van der Waals surface area contributed by atoms with E-state index >= 15 is 0 Å². The first-order valence-electron chi connectivity index (χ1n) is 7.06. The summed E-state index contributed by atoms with van der Waals surface area (Å²) < 4.78 is 16.4. The molecule has 0 aromatic heterocycles. The fourth-order valence-corrected chi connectivity index (χ4v) is 1.99. The molecule has 0 spiro atoms. The van der Waals surface area contributed by atoms with Crippen LogP contribution < -0.4 is 14.8 Å². The summed E-state index contributed by atoms with van der Waals surface area (Å²) in [5, 5.41) is 13.3. The van der Waals surface area contributed by atoms with Gasteiger partial charge in [0, 0.05) is 13.1 Å². The van der Waals surface area contributed by atoms with E-state index in [2.05, 4.69) is 5.32 Å². The summed E-state index contributed by atoms with van der Waals surface area (Å²) in [5.74, 6) is 1.45. The number of rotatable bonds is 7. The number of fused-ring (bicyclic) bond motifs is 1. The Hall–Kier alpha value is -1.30. The molecule has 0 fully saturated rings. The Morgan fingerprint density at radius 3 is 2.75 bits per heavy atom. The van der Waals surface area contributed by atoms with Crippen molar-refractivity contribution in [2.75, 3.05) is 32.9 Å². The van der Waals surface area contributed by atoms with Gasteiger partial charge in [-0.05, 0) is 31.5 Å². The molecule has 0 saturated carbocycles. The van der Waals surface area contributed by atoms with Crippen LogP contribution in [0.4, 0.5) is 0 Å². The summed E-state index contributed by atoms with van der Waals surface area (Å²) in [6, 6.07) is 5.55. The van der Waals surface area contributed by atoms with Gasteiger partial charge in [0.2, 0.25) is 0 Å². The molecule has 5 heteroatoms. The molecular weight excluding hydrogens is 258 g/mol. The highest BCUT2D eigenvalue weighted by Crippen LogP contribution is 2.32. The van der Waals surface area contributed by atoms with Gasteiger partial charge in [0.1, 0.15) is 13.2 Å². The van der Waals surface area contributed by atoms with Crippen molar-refractivity contribution >= 4 is 0 Å². The summed E-state index contributed by atoms with van der Waals surface area (Å²) in [4.78, 5) is 0. The second-order valence-corrected chi connectivity index (χ2v) is 5.04. The highest BCUT2D eigenvalue weighted by atomic mass is 16.6. The molecule has 0 saturated heterocycles.